The Balaban J connectivity index is 2.61. The van der Waals surface area contributed by atoms with Crippen molar-refractivity contribution >= 4 is 11.3 Å². The van der Waals surface area contributed by atoms with E-state index in [1.54, 1.807) is 11.3 Å². The van der Waals surface area contributed by atoms with Crippen LogP contribution < -0.4 is 5.32 Å². The first-order valence-corrected chi connectivity index (χ1v) is 6.28. The van der Waals surface area contributed by atoms with Gasteiger partial charge in [0, 0.05) is 17.5 Å². The molecule has 15 heavy (non-hydrogen) atoms. The van der Waals surface area contributed by atoms with Gasteiger partial charge in [0.1, 0.15) is 0 Å². The number of aryl methyl sites for hydroxylation is 2. The summed E-state index contributed by atoms with van der Waals surface area (Å²) in [7, 11) is 0. The summed E-state index contributed by atoms with van der Waals surface area (Å²) in [4.78, 5) is 5.90. The van der Waals surface area contributed by atoms with E-state index < -0.39 is 0 Å². The van der Waals surface area contributed by atoms with Crippen molar-refractivity contribution in [1.29, 1.82) is 0 Å². The van der Waals surface area contributed by atoms with Crippen molar-refractivity contribution in [1.82, 2.24) is 10.3 Å². The Morgan fingerprint density at radius 2 is 1.93 bits per heavy atom. The molecule has 0 bridgehead atoms. The van der Waals surface area contributed by atoms with Crippen LogP contribution in [0.25, 0.3) is 0 Å². The Hall–Kier alpha value is -0.410. The minimum atomic E-state index is 0.327. The molecular formula is C12H22N2S. The monoisotopic (exact) mass is 226 g/mol. The predicted octanol–water partition coefficient (Wildman–Crippen LogP) is 3.46. The van der Waals surface area contributed by atoms with Crippen molar-refractivity contribution in [2.24, 2.45) is 5.41 Å². The van der Waals surface area contributed by atoms with Crippen LogP contribution >= 0.6 is 11.3 Å². The molecule has 2 nitrogen and oxygen atoms in total. The lowest BCUT2D eigenvalue weighted by Crippen LogP contribution is -2.29. The summed E-state index contributed by atoms with van der Waals surface area (Å²) in [5.74, 6) is 0. The van der Waals surface area contributed by atoms with E-state index in [4.69, 9.17) is 0 Å². The molecule has 86 valence electrons. The van der Waals surface area contributed by atoms with Gasteiger partial charge in [-0.3, -0.25) is 0 Å². The minimum absolute atomic E-state index is 0.327. The maximum Gasteiger partial charge on any atom is 0.0900 e. The third kappa shape index (κ3) is 3.92. The highest BCUT2D eigenvalue weighted by Crippen LogP contribution is 2.23. The molecular weight excluding hydrogens is 204 g/mol. The van der Waals surface area contributed by atoms with Crippen molar-refractivity contribution in [2.45, 2.75) is 47.6 Å². The zero-order valence-electron chi connectivity index (χ0n) is 10.6. The molecule has 1 unspecified atom stereocenters. The highest BCUT2D eigenvalue weighted by Gasteiger charge is 2.16. The molecule has 0 spiro atoms. The predicted molar refractivity (Wildman–Crippen MR) is 67.5 cm³/mol. The summed E-state index contributed by atoms with van der Waals surface area (Å²) in [6, 6.07) is 0.356. The van der Waals surface area contributed by atoms with Crippen molar-refractivity contribution in [3.05, 3.63) is 15.6 Å². The van der Waals surface area contributed by atoms with Crippen LogP contribution in [0.4, 0.5) is 0 Å². The molecule has 1 N–H and O–H groups in total. The van der Waals surface area contributed by atoms with E-state index in [1.165, 1.54) is 10.6 Å². The highest BCUT2D eigenvalue weighted by atomic mass is 32.1. The molecule has 1 heterocycles. The molecule has 1 aromatic rings. The van der Waals surface area contributed by atoms with Gasteiger partial charge in [0.2, 0.25) is 0 Å². The van der Waals surface area contributed by atoms with E-state index in [-0.39, 0.29) is 0 Å². The van der Waals surface area contributed by atoms with Crippen LogP contribution in [-0.4, -0.2) is 11.5 Å². The van der Waals surface area contributed by atoms with Crippen LogP contribution in [0.5, 0.6) is 0 Å². The number of aromatic nitrogens is 1. The van der Waals surface area contributed by atoms with Gasteiger partial charge >= 0.3 is 0 Å². The minimum Gasteiger partial charge on any atom is -0.308 e. The van der Waals surface area contributed by atoms with E-state index >= 15 is 0 Å². The Morgan fingerprint density at radius 3 is 2.33 bits per heavy atom. The van der Waals surface area contributed by atoms with E-state index in [1.807, 2.05) is 0 Å². The molecule has 1 rings (SSSR count). The first-order chi connectivity index (χ1) is 6.79. The molecule has 0 saturated carbocycles. The van der Waals surface area contributed by atoms with Crippen LogP contribution in [-0.2, 0) is 0 Å². The SMILES string of the molecule is Cc1nc(C(C)NCC(C)(C)C)c(C)s1. The Bertz CT molecular complexity index is 323. The second-order valence-electron chi connectivity index (χ2n) is 5.34. The van der Waals surface area contributed by atoms with E-state index in [0.717, 1.165) is 11.6 Å². The van der Waals surface area contributed by atoms with E-state index in [9.17, 15) is 0 Å². The maximum atomic E-state index is 4.57. The summed E-state index contributed by atoms with van der Waals surface area (Å²) in [5.41, 5.74) is 1.54. The topological polar surface area (TPSA) is 24.9 Å². The van der Waals surface area contributed by atoms with Gasteiger partial charge in [-0.2, -0.15) is 0 Å². The molecule has 1 atom stereocenters. The average Bonchev–Trinajstić information content (AvgIpc) is 2.40. The molecule has 0 aromatic carbocycles. The highest BCUT2D eigenvalue weighted by molar-refractivity contribution is 7.11. The molecule has 3 heteroatoms. The van der Waals surface area contributed by atoms with Gasteiger partial charge in [-0.25, -0.2) is 4.98 Å². The third-order valence-electron chi connectivity index (χ3n) is 2.29. The van der Waals surface area contributed by atoms with Crippen LogP contribution in [0, 0.1) is 19.3 Å². The number of nitrogens with zero attached hydrogens (tertiary/aromatic N) is 1. The van der Waals surface area contributed by atoms with Gasteiger partial charge < -0.3 is 5.32 Å². The van der Waals surface area contributed by atoms with Crippen LogP contribution in [0.2, 0.25) is 0 Å². The third-order valence-corrected chi connectivity index (χ3v) is 3.19. The van der Waals surface area contributed by atoms with Gasteiger partial charge in [-0.1, -0.05) is 20.8 Å². The fourth-order valence-corrected chi connectivity index (χ4v) is 2.42. The second kappa shape index (κ2) is 4.62. The number of rotatable bonds is 3. The van der Waals surface area contributed by atoms with Crippen LogP contribution in [0.15, 0.2) is 0 Å². The first-order valence-electron chi connectivity index (χ1n) is 5.47. The molecule has 0 aliphatic carbocycles. The summed E-state index contributed by atoms with van der Waals surface area (Å²) in [5, 5.41) is 4.70. The van der Waals surface area contributed by atoms with Crippen molar-refractivity contribution < 1.29 is 0 Å². The standard InChI is InChI=1S/C12H22N2S/c1-8(13-7-12(4,5)6)11-9(2)15-10(3)14-11/h8,13H,7H2,1-6H3. The number of nitrogens with one attached hydrogen (secondary N) is 1. The van der Waals surface area contributed by atoms with Crippen LogP contribution in [0.1, 0.15) is 49.3 Å². The molecule has 0 aliphatic heterocycles. The molecule has 1 aromatic heterocycles. The molecule has 0 aliphatic rings. The Kier molecular flexibility index (Phi) is 3.90. The molecule has 0 saturated heterocycles. The zero-order valence-corrected chi connectivity index (χ0v) is 11.5. The normalized spacial score (nSPS) is 14.3. The summed E-state index contributed by atoms with van der Waals surface area (Å²) in [6.45, 7) is 14.1. The Labute approximate surface area is 97.1 Å². The summed E-state index contributed by atoms with van der Waals surface area (Å²) < 4.78 is 0. The fraction of sp³-hybridized carbons (Fsp3) is 0.750. The van der Waals surface area contributed by atoms with E-state index in [0.29, 0.717) is 11.5 Å². The smallest absolute Gasteiger partial charge is 0.0900 e. The zero-order chi connectivity index (χ0) is 11.6. The lowest BCUT2D eigenvalue weighted by molar-refractivity contribution is 0.357. The number of hydrogen-bond acceptors (Lipinski definition) is 3. The van der Waals surface area contributed by atoms with Crippen molar-refractivity contribution in [2.75, 3.05) is 6.54 Å². The maximum absolute atomic E-state index is 4.57. The van der Waals surface area contributed by atoms with Gasteiger partial charge in [0.25, 0.3) is 0 Å². The largest absolute Gasteiger partial charge is 0.308 e. The summed E-state index contributed by atoms with van der Waals surface area (Å²) >= 11 is 1.78. The summed E-state index contributed by atoms with van der Waals surface area (Å²) in [6.07, 6.45) is 0. The molecule has 0 radical (unpaired) electrons. The lowest BCUT2D eigenvalue weighted by Gasteiger charge is -2.22. The molecule has 0 amide bonds. The second-order valence-corrected chi connectivity index (χ2v) is 6.74. The van der Waals surface area contributed by atoms with Gasteiger partial charge in [0.15, 0.2) is 0 Å². The first kappa shape index (κ1) is 12.7. The van der Waals surface area contributed by atoms with Gasteiger partial charge in [-0.15, -0.1) is 11.3 Å². The van der Waals surface area contributed by atoms with Crippen LogP contribution in [0.3, 0.4) is 0 Å². The lowest BCUT2D eigenvalue weighted by atomic mass is 9.96. The Morgan fingerprint density at radius 1 is 1.33 bits per heavy atom. The average molecular weight is 226 g/mol. The van der Waals surface area contributed by atoms with Crippen molar-refractivity contribution in [3.8, 4) is 0 Å². The van der Waals surface area contributed by atoms with Gasteiger partial charge in [0.05, 0.1) is 10.7 Å². The quantitative estimate of drug-likeness (QED) is 0.854. The fourth-order valence-electron chi connectivity index (χ4n) is 1.50. The van der Waals surface area contributed by atoms with E-state index in [2.05, 4.69) is 51.8 Å². The van der Waals surface area contributed by atoms with Gasteiger partial charge in [-0.05, 0) is 26.2 Å². The number of thiazole rings is 1. The van der Waals surface area contributed by atoms with Crippen molar-refractivity contribution in [3.63, 3.8) is 0 Å². The molecule has 0 fully saturated rings. The number of hydrogen-bond donors (Lipinski definition) is 1.